The molecule has 0 saturated heterocycles. The van der Waals surface area contributed by atoms with Gasteiger partial charge in [-0.15, -0.1) is 0 Å². The number of rotatable bonds is 7. The van der Waals surface area contributed by atoms with Gasteiger partial charge in [0.05, 0.1) is 0 Å². The molecule has 0 fully saturated rings. The molecule has 0 aliphatic heterocycles. The highest BCUT2D eigenvalue weighted by Gasteiger charge is 2.13. The van der Waals surface area contributed by atoms with Crippen molar-refractivity contribution < 1.29 is 4.79 Å². The maximum Gasteiger partial charge on any atom is 0.220 e. The van der Waals surface area contributed by atoms with Gasteiger partial charge < -0.3 is 5.32 Å². The standard InChI is InChI=1S/C23H31NO/c1-18(10-11-19-8-6-5-7-9-19)24-22(25)17-14-20-12-15-21(16-13-20)23(2,3)4/h5-9,12-13,15-16,18H,10-11,14,17H2,1-4H3,(H,24,25). The number of benzene rings is 2. The molecule has 1 atom stereocenters. The number of carbonyl (C=O) groups is 1. The average Bonchev–Trinajstić information content (AvgIpc) is 2.59. The molecular formula is C23H31NO. The lowest BCUT2D eigenvalue weighted by atomic mass is 9.86. The molecule has 1 unspecified atom stereocenters. The molecule has 2 aromatic carbocycles. The number of hydrogen-bond donors (Lipinski definition) is 1. The largest absolute Gasteiger partial charge is 0.354 e. The summed E-state index contributed by atoms with van der Waals surface area (Å²) in [5.41, 5.74) is 4.04. The first-order valence-corrected chi connectivity index (χ1v) is 9.27. The van der Waals surface area contributed by atoms with Crippen molar-refractivity contribution in [1.82, 2.24) is 5.32 Å². The minimum absolute atomic E-state index is 0.139. The predicted octanol–water partition coefficient (Wildman–Crippen LogP) is 5.05. The van der Waals surface area contributed by atoms with Gasteiger partial charge in [0.1, 0.15) is 0 Å². The topological polar surface area (TPSA) is 29.1 Å². The van der Waals surface area contributed by atoms with Crippen molar-refractivity contribution in [2.75, 3.05) is 0 Å². The van der Waals surface area contributed by atoms with E-state index < -0.39 is 0 Å². The SMILES string of the molecule is CC(CCc1ccccc1)NC(=O)CCc1ccc(C(C)(C)C)cc1. The number of aryl methyl sites for hydroxylation is 2. The second-order valence-electron chi connectivity index (χ2n) is 7.94. The van der Waals surface area contributed by atoms with Crippen LogP contribution in [-0.4, -0.2) is 11.9 Å². The smallest absolute Gasteiger partial charge is 0.220 e. The van der Waals surface area contributed by atoms with Crippen LogP contribution >= 0.6 is 0 Å². The van der Waals surface area contributed by atoms with Gasteiger partial charge in [0.25, 0.3) is 0 Å². The molecule has 0 spiro atoms. The summed E-state index contributed by atoms with van der Waals surface area (Å²) in [5, 5.41) is 3.12. The Bertz CT molecular complexity index is 653. The van der Waals surface area contributed by atoms with Gasteiger partial charge >= 0.3 is 0 Å². The van der Waals surface area contributed by atoms with Gasteiger partial charge in [-0.05, 0) is 48.3 Å². The zero-order valence-corrected chi connectivity index (χ0v) is 16.0. The number of nitrogens with one attached hydrogen (secondary N) is 1. The van der Waals surface area contributed by atoms with Gasteiger partial charge in [-0.3, -0.25) is 4.79 Å². The van der Waals surface area contributed by atoms with E-state index in [0.29, 0.717) is 6.42 Å². The van der Waals surface area contributed by atoms with E-state index in [-0.39, 0.29) is 17.4 Å². The molecule has 0 bridgehead atoms. The molecule has 2 aromatic rings. The van der Waals surface area contributed by atoms with E-state index in [1.54, 1.807) is 0 Å². The molecule has 0 radical (unpaired) electrons. The Hall–Kier alpha value is -2.09. The third-order valence-corrected chi connectivity index (χ3v) is 4.58. The Labute approximate surface area is 152 Å². The zero-order valence-electron chi connectivity index (χ0n) is 16.0. The van der Waals surface area contributed by atoms with Crippen LogP contribution in [0.5, 0.6) is 0 Å². The van der Waals surface area contributed by atoms with Crippen molar-refractivity contribution in [3.05, 3.63) is 71.3 Å². The molecule has 25 heavy (non-hydrogen) atoms. The zero-order chi connectivity index (χ0) is 18.3. The maximum absolute atomic E-state index is 12.2. The third-order valence-electron chi connectivity index (χ3n) is 4.58. The van der Waals surface area contributed by atoms with E-state index in [4.69, 9.17) is 0 Å². The summed E-state index contributed by atoms with van der Waals surface area (Å²) in [4.78, 5) is 12.2. The summed E-state index contributed by atoms with van der Waals surface area (Å²) in [6.07, 6.45) is 3.30. The van der Waals surface area contributed by atoms with E-state index in [1.807, 2.05) is 6.07 Å². The highest BCUT2D eigenvalue weighted by Crippen LogP contribution is 2.22. The maximum atomic E-state index is 12.2. The fourth-order valence-electron chi connectivity index (χ4n) is 2.88. The van der Waals surface area contributed by atoms with Crippen molar-refractivity contribution in [3.8, 4) is 0 Å². The van der Waals surface area contributed by atoms with Crippen LogP contribution in [0, 0.1) is 0 Å². The molecule has 0 heterocycles. The van der Waals surface area contributed by atoms with Crippen LogP contribution in [0.15, 0.2) is 54.6 Å². The molecule has 2 heteroatoms. The van der Waals surface area contributed by atoms with Gasteiger partial charge in [-0.2, -0.15) is 0 Å². The van der Waals surface area contributed by atoms with E-state index in [9.17, 15) is 4.79 Å². The van der Waals surface area contributed by atoms with Crippen LogP contribution in [0.1, 0.15) is 57.2 Å². The molecule has 0 aromatic heterocycles. The molecule has 134 valence electrons. The molecule has 0 saturated carbocycles. The number of carbonyl (C=O) groups excluding carboxylic acids is 1. The van der Waals surface area contributed by atoms with Gasteiger partial charge in [-0.25, -0.2) is 0 Å². The Morgan fingerprint density at radius 3 is 2.12 bits per heavy atom. The van der Waals surface area contributed by atoms with Crippen LogP contribution in [0.2, 0.25) is 0 Å². The first-order valence-electron chi connectivity index (χ1n) is 9.27. The van der Waals surface area contributed by atoms with Crippen molar-refractivity contribution >= 4 is 5.91 Å². The summed E-state index contributed by atoms with van der Waals surface area (Å²) >= 11 is 0. The van der Waals surface area contributed by atoms with Crippen LogP contribution in [-0.2, 0) is 23.1 Å². The molecule has 2 nitrogen and oxygen atoms in total. The van der Waals surface area contributed by atoms with E-state index in [0.717, 1.165) is 19.3 Å². The fraction of sp³-hybridized carbons (Fsp3) is 0.435. The first-order chi connectivity index (χ1) is 11.8. The van der Waals surface area contributed by atoms with E-state index in [1.165, 1.54) is 16.7 Å². The second kappa shape index (κ2) is 8.84. The van der Waals surface area contributed by atoms with Gasteiger partial charge in [-0.1, -0.05) is 75.4 Å². The number of hydrogen-bond acceptors (Lipinski definition) is 1. The first kappa shape index (κ1) is 19.2. The third kappa shape index (κ3) is 6.74. The molecule has 1 N–H and O–H groups in total. The molecule has 0 aliphatic carbocycles. The van der Waals surface area contributed by atoms with Crippen LogP contribution < -0.4 is 5.32 Å². The van der Waals surface area contributed by atoms with Crippen molar-refractivity contribution in [2.24, 2.45) is 0 Å². The monoisotopic (exact) mass is 337 g/mol. The quantitative estimate of drug-likeness (QED) is 0.752. The Morgan fingerprint density at radius 2 is 1.52 bits per heavy atom. The van der Waals surface area contributed by atoms with Gasteiger partial charge in [0.2, 0.25) is 5.91 Å². The van der Waals surface area contributed by atoms with Crippen molar-refractivity contribution in [3.63, 3.8) is 0 Å². The molecular weight excluding hydrogens is 306 g/mol. The minimum atomic E-state index is 0.139. The summed E-state index contributed by atoms with van der Waals surface area (Å²) < 4.78 is 0. The average molecular weight is 338 g/mol. The number of amides is 1. The Balaban J connectivity index is 1.73. The summed E-state index contributed by atoms with van der Waals surface area (Å²) in [5.74, 6) is 0.139. The molecule has 0 aliphatic rings. The van der Waals surface area contributed by atoms with Gasteiger partial charge in [0, 0.05) is 12.5 Å². The van der Waals surface area contributed by atoms with Crippen LogP contribution in [0.3, 0.4) is 0 Å². The lowest BCUT2D eigenvalue weighted by molar-refractivity contribution is -0.121. The normalized spacial score (nSPS) is 12.6. The Morgan fingerprint density at radius 1 is 0.920 bits per heavy atom. The van der Waals surface area contributed by atoms with Crippen LogP contribution in [0.25, 0.3) is 0 Å². The highest BCUT2D eigenvalue weighted by atomic mass is 16.1. The summed E-state index contributed by atoms with van der Waals surface area (Å²) in [6.45, 7) is 8.73. The summed E-state index contributed by atoms with van der Waals surface area (Å²) in [6, 6.07) is 19.3. The summed E-state index contributed by atoms with van der Waals surface area (Å²) in [7, 11) is 0. The minimum Gasteiger partial charge on any atom is -0.354 e. The van der Waals surface area contributed by atoms with E-state index in [2.05, 4.69) is 81.5 Å². The van der Waals surface area contributed by atoms with E-state index >= 15 is 0 Å². The van der Waals surface area contributed by atoms with Crippen LogP contribution in [0.4, 0.5) is 0 Å². The molecule has 2 rings (SSSR count). The highest BCUT2D eigenvalue weighted by molar-refractivity contribution is 5.76. The lowest BCUT2D eigenvalue weighted by Gasteiger charge is -2.19. The van der Waals surface area contributed by atoms with Crippen molar-refractivity contribution in [2.45, 2.75) is 64.8 Å². The fourth-order valence-corrected chi connectivity index (χ4v) is 2.88. The predicted molar refractivity (Wildman–Crippen MR) is 106 cm³/mol. The molecule has 1 amide bonds. The van der Waals surface area contributed by atoms with Gasteiger partial charge in [0.15, 0.2) is 0 Å². The van der Waals surface area contributed by atoms with Crippen molar-refractivity contribution in [1.29, 1.82) is 0 Å². The Kier molecular flexibility index (Phi) is 6.81. The second-order valence-corrected chi connectivity index (χ2v) is 7.94. The lowest BCUT2D eigenvalue weighted by Crippen LogP contribution is -2.33.